The Balaban J connectivity index is 1.49. The largest absolute Gasteiger partial charge is 0.497 e. The number of nitrogen functional groups attached to an aromatic ring is 1. The number of amides is 1. The fourth-order valence-corrected chi connectivity index (χ4v) is 11.5. The van der Waals surface area contributed by atoms with Gasteiger partial charge in [-0.3, -0.25) is 0 Å². The number of sulfonamides is 1. The molecule has 3 N–H and O–H groups in total. The SMILES string of the molecule is COc1ccc(CN(Cc2ccc(OC)cc2)S(=O)(=O)c2c(S(=O)(=O)[C@H](C)CNC(=O)OC(C)(C)C)ccc(-c3cccc4sc(N)nc34)c2-c2nnn(Cc3ccc(OC)cc3)n2)cc1. The van der Waals surface area contributed by atoms with E-state index >= 15 is 16.8 Å². The van der Waals surface area contributed by atoms with Crippen molar-refractivity contribution in [3.8, 4) is 39.8 Å². The van der Waals surface area contributed by atoms with Crippen molar-refractivity contribution in [2.24, 2.45) is 0 Å². The minimum Gasteiger partial charge on any atom is -0.497 e. The van der Waals surface area contributed by atoms with Crippen molar-refractivity contribution in [3.63, 3.8) is 0 Å². The van der Waals surface area contributed by atoms with Crippen LogP contribution in [0.25, 0.3) is 32.7 Å². The van der Waals surface area contributed by atoms with Gasteiger partial charge < -0.3 is 30.0 Å². The normalized spacial score (nSPS) is 12.5. The van der Waals surface area contributed by atoms with E-state index in [1.165, 1.54) is 53.7 Å². The molecule has 0 unspecified atom stereocenters. The summed E-state index contributed by atoms with van der Waals surface area (Å²) < 4.78 is 85.8. The number of ether oxygens (including phenoxy) is 4. The zero-order chi connectivity index (χ0) is 47.4. The number of hydrogen-bond acceptors (Lipinski definition) is 15. The Labute approximate surface area is 387 Å². The molecular formula is C46H50N8O9S3. The van der Waals surface area contributed by atoms with Crippen molar-refractivity contribution in [2.45, 2.75) is 68.0 Å². The number of hydrogen-bond donors (Lipinski definition) is 2. The molecule has 1 amide bonds. The monoisotopic (exact) mass is 954 g/mol. The smallest absolute Gasteiger partial charge is 0.407 e. The van der Waals surface area contributed by atoms with Crippen LogP contribution in [0.4, 0.5) is 9.93 Å². The number of methoxy groups -OCH3 is 3. The molecule has 20 heteroatoms. The molecule has 0 aliphatic carbocycles. The lowest BCUT2D eigenvalue weighted by molar-refractivity contribution is 0.0528. The molecule has 1 atom stereocenters. The predicted molar refractivity (Wildman–Crippen MR) is 252 cm³/mol. The number of tetrazole rings is 1. The molecule has 0 spiro atoms. The molecule has 346 valence electrons. The number of para-hydroxylation sites is 1. The maximum absolute atomic E-state index is 16.1. The van der Waals surface area contributed by atoms with Crippen molar-refractivity contribution in [1.82, 2.24) is 34.8 Å². The highest BCUT2D eigenvalue weighted by atomic mass is 32.2. The summed E-state index contributed by atoms with van der Waals surface area (Å²) in [6.07, 6.45) is -0.841. The van der Waals surface area contributed by atoms with Gasteiger partial charge in [-0.2, -0.15) is 9.10 Å². The summed E-state index contributed by atoms with van der Waals surface area (Å²) in [4.78, 5) is 17.5. The van der Waals surface area contributed by atoms with Gasteiger partial charge in [-0.25, -0.2) is 26.6 Å². The summed E-state index contributed by atoms with van der Waals surface area (Å²) in [6.45, 7) is 5.72. The van der Waals surface area contributed by atoms with Crippen molar-refractivity contribution in [2.75, 3.05) is 33.6 Å². The molecule has 0 aliphatic rings. The highest BCUT2D eigenvalue weighted by molar-refractivity contribution is 7.94. The molecule has 0 aliphatic heterocycles. The number of carbonyl (C=O) groups excluding carboxylic acids is 1. The fourth-order valence-electron chi connectivity index (χ4n) is 7.07. The Morgan fingerprint density at radius 2 is 1.35 bits per heavy atom. The van der Waals surface area contributed by atoms with E-state index in [9.17, 15) is 4.79 Å². The Hall–Kier alpha value is -6.61. The van der Waals surface area contributed by atoms with Crippen molar-refractivity contribution < 1.29 is 40.6 Å². The molecule has 2 heterocycles. The molecule has 7 rings (SSSR count). The minimum absolute atomic E-state index is 0.124. The summed E-state index contributed by atoms with van der Waals surface area (Å²) in [5, 5.41) is 14.9. The number of benzene rings is 5. The van der Waals surface area contributed by atoms with Crippen LogP contribution < -0.4 is 25.3 Å². The van der Waals surface area contributed by atoms with Crippen molar-refractivity contribution in [1.29, 1.82) is 0 Å². The van der Waals surface area contributed by atoms with Gasteiger partial charge >= 0.3 is 6.09 Å². The van der Waals surface area contributed by atoms with E-state index in [4.69, 9.17) is 29.8 Å². The molecule has 5 aromatic carbocycles. The van der Waals surface area contributed by atoms with Crippen LogP contribution in [0.5, 0.6) is 17.2 Å². The van der Waals surface area contributed by atoms with E-state index in [1.54, 1.807) is 101 Å². The van der Waals surface area contributed by atoms with Crippen LogP contribution in [0.15, 0.2) is 113 Å². The third-order valence-corrected chi connectivity index (χ3v) is 15.4. The van der Waals surface area contributed by atoms with Crippen LogP contribution >= 0.6 is 11.3 Å². The highest BCUT2D eigenvalue weighted by Gasteiger charge is 2.40. The Kier molecular flexibility index (Phi) is 14.0. The van der Waals surface area contributed by atoms with Crippen molar-refractivity contribution in [3.05, 3.63) is 120 Å². The molecule has 0 saturated carbocycles. The van der Waals surface area contributed by atoms with E-state index in [-0.39, 0.29) is 41.7 Å². The molecule has 2 aromatic heterocycles. The topological polar surface area (TPSA) is 220 Å². The molecule has 17 nitrogen and oxygen atoms in total. The van der Waals surface area contributed by atoms with E-state index in [2.05, 4.69) is 20.6 Å². The number of nitrogens with zero attached hydrogens (tertiary/aromatic N) is 6. The lowest BCUT2D eigenvalue weighted by Gasteiger charge is -2.27. The maximum atomic E-state index is 16.1. The number of carbonyl (C=O) groups is 1. The Morgan fingerprint density at radius 3 is 1.89 bits per heavy atom. The predicted octanol–water partition coefficient (Wildman–Crippen LogP) is 7.35. The van der Waals surface area contributed by atoms with Crippen LogP contribution in [0.3, 0.4) is 0 Å². The molecule has 66 heavy (non-hydrogen) atoms. The first kappa shape index (κ1) is 47.4. The first-order chi connectivity index (χ1) is 31.4. The zero-order valence-corrected chi connectivity index (χ0v) is 39.8. The van der Waals surface area contributed by atoms with E-state index in [1.807, 2.05) is 18.2 Å². The van der Waals surface area contributed by atoms with E-state index in [0.29, 0.717) is 44.2 Å². The fraction of sp³-hybridized carbons (Fsp3) is 0.283. The molecular weight excluding hydrogens is 905 g/mol. The first-order valence-electron chi connectivity index (χ1n) is 20.6. The van der Waals surface area contributed by atoms with Gasteiger partial charge in [-0.15, -0.1) is 10.2 Å². The zero-order valence-electron chi connectivity index (χ0n) is 37.4. The lowest BCUT2D eigenvalue weighted by atomic mass is 9.98. The number of nitrogens with two attached hydrogens (primary N) is 1. The second-order valence-corrected chi connectivity index (χ2v) is 21.5. The van der Waals surface area contributed by atoms with Crippen LogP contribution in [0.1, 0.15) is 44.4 Å². The van der Waals surface area contributed by atoms with Crippen LogP contribution in [-0.2, 0) is 44.2 Å². The number of alkyl carbamates (subject to hydrolysis) is 1. The minimum atomic E-state index is -4.94. The molecule has 0 saturated heterocycles. The number of nitrogens with one attached hydrogen (secondary N) is 1. The summed E-state index contributed by atoms with van der Waals surface area (Å²) >= 11 is 1.24. The molecule has 0 fully saturated rings. The third kappa shape index (κ3) is 10.6. The summed E-state index contributed by atoms with van der Waals surface area (Å²) in [5.41, 5.74) is 8.31. The van der Waals surface area contributed by atoms with Crippen molar-refractivity contribution >= 4 is 52.6 Å². The lowest BCUT2D eigenvalue weighted by Crippen LogP contribution is -2.39. The average molecular weight is 955 g/mol. The second-order valence-electron chi connectivity index (χ2n) is 16.2. The van der Waals surface area contributed by atoms with E-state index < -0.39 is 53.1 Å². The van der Waals surface area contributed by atoms with Gasteiger partial charge in [-0.1, -0.05) is 65.9 Å². The maximum Gasteiger partial charge on any atom is 0.407 e. The second kappa shape index (κ2) is 19.5. The number of thiazole rings is 1. The summed E-state index contributed by atoms with van der Waals surface area (Å²) in [6, 6.07) is 29.1. The number of sulfone groups is 1. The number of fused-ring (bicyclic) bond motifs is 1. The molecule has 0 bridgehead atoms. The highest BCUT2D eigenvalue weighted by Crippen LogP contribution is 2.44. The van der Waals surface area contributed by atoms with Crippen LogP contribution in [0.2, 0.25) is 0 Å². The van der Waals surface area contributed by atoms with Gasteiger partial charge in [0.1, 0.15) is 27.7 Å². The van der Waals surface area contributed by atoms with Gasteiger partial charge in [-0.05, 0) is 104 Å². The van der Waals surface area contributed by atoms with Crippen LogP contribution in [-0.4, -0.2) is 91.2 Å². The van der Waals surface area contributed by atoms with Gasteiger partial charge in [0.15, 0.2) is 15.0 Å². The first-order valence-corrected chi connectivity index (χ1v) is 24.4. The quantitative estimate of drug-likeness (QED) is 0.0912. The molecule has 7 aromatic rings. The Bertz CT molecular complexity index is 3010. The summed E-state index contributed by atoms with van der Waals surface area (Å²) in [5.74, 6) is 1.58. The number of anilines is 1. The summed E-state index contributed by atoms with van der Waals surface area (Å²) in [7, 11) is -4.97. The third-order valence-electron chi connectivity index (χ3n) is 10.4. The van der Waals surface area contributed by atoms with Gasteiger partial charge in [0, 0.05) is 25.2 Å². The van der Waals surface area contributed by atoms with Gasteiger partial charge in [0.05, 0.1) is 53.8 Å². The van der Waals surface area contributed by atoms with Gasteiger partial charge in [0.2, 0.25) is 15.8 Å². The van der Waals surface area contributed by atoms with Crippen LogP contribution in [0, 0.1) is 0 Å². The van der Waals surface area contributed by atoms with Gasteiger partial charge in [0.25, 0.3) is 0 Å². The average Bonchev–Trinajstić information content (AvgIpc) is 3.93. The standard InChI is InChI=1S/C46H50N8O9S3/c1-29(25-48-45(55)63-46(2,3)4)65(56,57)39-24-23-36(37-9-8-10-38-41(37)49-44(47)64-38)40(43-50-52-54(51-43)28-32-15-21-35(62-7)22-16-32)42(39)66(58,59)53(26-30-11-17-33(60-5)18-12-30)27-31-13-19-34(61-6)20-14-31/h8-24,29H,25-28H2,1-7H3,(H2,47,49)(H,48,55)/t29-/m1/s1. The number of rotatable bonds is 17. The number of aromatic nitrogens is 5. The Morgan fingerprint density at radius 1 is 0.788 bits per heavy atom. The molecule has 0 radical (unpaired) electrons. The van der Waals surface area contributed by atoms with E-state index in [0.717, 1.165) is 5.56 Å².